The van der Waals surface area contributed by atoms with Crippen LogP contribution in [-0.4, -0.2) is 5.72 Å². The fourth-order valence-electron chi connectivity index (χ4n) is 2.42. The van der Waals surface area contributed by atoms with Crippen molar-refractivity contribution in [2.45, 2.75) is 5.72 Å². The molecule has 2 heteroatoms. The molecule has 18 heavy (non-hydrogen) atoms. The predicted molar refractivity (Wildman–Crippen MR) is 70.5 cm³/mol. The van der Waals surface area contributed by atoms with E-state index in [0.717, 1.165) is 21.9 Å². The summed E-state index contributed by atoms with van der Waals surface area (Å²) in [6.07, 6.45) is 6.15. The Bertz CT molecular complexity index is 739. The second kappa shape index (κ2) is 3.33. The molecule has 2 aliphatic heterocycles. The van der Waals surface area contributed by atoms with Crippen LogP contribution in [0.25, 0.3) is 12.2 Å². The molecule has 0 saturated carbocycles. The van der Waals surface area contributed by atoms with Gasteiger partial charge in [0.1, 0.15) is 5.75 Å². The summed E-state index contributed by atoms with van der Waals surface area (Å²) in [4.78, 5) is 4.68. The first kappa shape index (κ1) is 9.66. The van der Waals surface area contributed by atoms with Gasteiger partial charge in [0.25, 0.3) is 0 Å². The summed E-state index contributed by atoms with van der Waals surface area (Å²) in [5, 5.41) is 2.11. The van der Waals surface area contributed by atoms with Crippen LogP contribution >= 0.6 is 0 Å². The zero-order chi connectivity index (χ0) is 12.0. The summed E-state index contributed by atoms with van der Waals surface area (Å²) in [5.41, 5.74) is 0.445. The van der Waals surface area contributed by atoms with Crippen molar-refractivity contribution in [3.8, 4) is 5.75 Å². The van der Waals surface area contributed by atoms with E-state index in [2.05, 4.69) is 23.2 Å². The highest BCUT2D eigenvalue weighted by Gasteiger charge is 2.31. The maximum Gasteiger partial charge on any atom is 0.240 e. The lowest BCUT2D eigenvalue weighted by molar-refractivity contribution is 0.194. The van der Waals surface area contributed by atoms with Crippen molar-refractivity contribution in [3.05, 3.63) is 70.7 Å². The molecule has 0 aromatic heterocycles. The molecular weight excluding hydrogens is 222 g/mol. The molecule has 1 unspecified atom stereocenters. The first-order valence-corrected chi connectivity index (χ1v) is 6.00. The second-order valence-electron chi connectivity index (χ2n) is 4.54. The highest BCUT2D eigenvalue weighted by atomic mass is 16.5. The van der Waals surface area contributed by atoms with Crippen LogP contribution < -0.4 is 15.3 Å². The molecule has 0 N–H and O–H groups in total. The van der Waals surface area contributed by atoms with E-state index in [1.165, 1.54) is 0 Å². The van der Waals surface area contributed by atoms with Crippen LogP contribution in [0.4, 0.5) is 0 Å². The van der Waals surface area contributed by atoms with E-state index in [0.29, 0.717) is 0 Å². The Kier molecular flexibility index (Phi) is 1.78. The average Bonchev–Trinajstić information content (AvgIpc) is 2.76. The molecule has 2 heterocycles. The van der Waals surface area contributed by atoms with Crippen molar-refractivity contribution in [2.75, 3.05) is 0 Å². The molecule has 0 fully saturated rings. The molecule has 2 aromatic carbocycles. The van der Waals surface area contributed by atoms with Gasteiger partial charge in [-0.2, -0.15) is 0 Å². The van der Waals surface area contributed by atoms with Gasteiger partial charge in [0.2, 0.25) is 5.72 Å². The Morgan fingerprint density at radius 3 is 2.72 bits per heavy atom. The number of para-hydroxylation sites is 2. The van der Waals surface area contributed by atoms with Crippen molar-refractivity contribution < 1.29 is 4.74 Å². The van der Waals surface area contributed by atoms with Crippen LogP contribution in [0.1, 0.15) is 5.56 Å². The van der Waals surface area contributed by atoms with Gasteiger partial charge in [-0.05, 0) is 30.4 Å². The van der Waals surface area contributed by atoms with Gasteiger partial charge in [-0.25, -0.2) is 4.99 Å². The Hall–Kier alpha value is -2.35. The SMILES string of the molecule is C1=CC2(C=c3ccccc3=N2)Oc2ccccc21. The molecule has 0 amide bonds. The van der Waals surface area contributed by atoms with Gasteiger partial charge in [0.05, 0.1) is 5.36 Å². The third-order valence-electron chi connectivity index (χ3n) is 3.29. The minimum atomic E-state index is -0.655. The molecule has 2 aromatic rings. The smallest absolute Gasteiger partial charge is 0.240 e. The summed E-state index contributed by atoms with van der Waals surface area (Å²) < 4.78 is 6.05. The maximum atomic E-state index is 6.05. The lowest BCUT2D eigenvalue weighted by Crippen LogP contribution is -2.29. The monoisotopic (exact) mass is 233 g/mol. The van der Waals surface area contributed by atoms with E-state index < -0.39 is 5.72 Å². The second-order valence-corrected chi connectivity index (χ2v) is 4.54. The quantitative estimate of drug-likeness (QED) is 0.681. The Morgan fingerprint density at radius 2 is 1.78 bits per heavy atom. The van der Waals surface area contributed by atoms with Crippen LogP contribution in [0.2, 0.25) is 0 Å². The van der Waals surface area contributed by atoms with Gasteiger partial charge in [0, 0.05) is 10.8 Å². The minimum absolute atomic E-state index is 0.655. The fraction of sp³-hybridized carbons (Fsp3) is 0.0625. The third-order valence-corrected chi connectivity index (χ3v) is 3.29. The topological polar surface area (TPSA) is 21.6 Å². The highest BCUT2D eigenvalue weighted by molar-refractivity contribution is 5.64. The summed E-state index contributed by atoms with van der Waals surface area (Å²) >= 11 is 0. The van der Waals surface area contributed by atoms with Crippen LogP contribution in [0, 0.1) is 0 Å². The van der Waals surface area contributed by atoms with Gasteiger partial charge >= 0.3 is 0 Å². The number of rotatable bonds is 0. The molecule has 1 atom stereocenters. The first-order valence-electron chi connectivity index (χ1n) is 6.00. The predicted octanol–water partition coefficient (Wildman–Crippen LogP) is 1.90. The third kappa shape index (κ3) is 1.32. The van der Waals surface area contributed by atoms with E-state index in [-0.39, 0.29) is 0 Å². The number of ether oxygens (including phenoxy) is 1. The van der Waals surface area contributed by atoms with Gasteiger partial charge in [0.15, 0.2) is 0 Å². The van der Waals surface area contributed by atoms with Crippen molar-refractivity contribution in [3.63, 3.8) is 0 Å². The highest BCUT2D eigenvalue weighted by Crippen LogP contribution is 2.32. The standard InChI is InChI=1S/C16H11NO/c1-3-7-14-13(6-1)11-16(17-14)10-9-12-5-2-4-8-15(12)18-16/h1-11H. The first-order chi connectivity index (χ1) is 8.85. The summed E-state index contributed by atoms with van der Waals surface area (Å²) in [7, 11) is 0. The summed E-state index contributed by atoms with van der Waals surface area (Å²) in [6.45, 7) is 0. The normalized spacial score (nSPS) is 22.7. The molecule has 86 valence electrons. The van der Waals surface area contributed by atoms with Crippen LogP contribution in [0.15, 0.2) is 59.6 Å². The van der Waals surface area contributed by atoms with Crippen molar-refractivity contribution in [1.29, 1.82) is 0 Å². The van der Waals surface area contributed by atoms with Crippen molar-refractivity contribution in [1.82, 2.24) is 0 Å². The van der Waals surface area contributed by atoms with Crippen molar-refractivity contribution >= 4 is 12.2 Å². The van der Waals surface area contributed by atoms with E-state index in [1.807, 2.05) is 48.5 Å². The lowest BCUT2D eigenvalue weighted by atomic mass is 10.1. The van der Waals surface area contributed by atoms with Crippen LogP contribution in [0.3, 0.4) is 0 Å². The molecule has 0 radical (unpaired) electrons. The van der Waals surface area contributed by atoms with E-state index >= 15 is 0 Å². The van der Waals surface area contributed by atoms with Gasteiger partial charge < -0.3 is 4.74 Å². The van der Waals surface area contributed by atoms with E-state index in [1.54, 1.807) is 0 Å². The number of nitrogens with zero attached hydrogens (tertiary/aromatic N) is 1. The molecule has 2 aliphatic rings. The maximum absolute atomic E-state index is 6.05. The Balaban J connectivity index is 1.89. The van der Waals surface area contributed by atoms with E-state index in [9.17, 15) is 0 Å². The van der Waals surface area contributed by atoms with Gasteiger partial charge in [-0.15, -0.1) is 0 Å². The zero-order valence-corrected chi connectivity index (χ0v) is 9.71. The zero-order valence-electron chi connectivity index (χ0n) is 9.71. The number of hydrogen-bond acceptors (Lipinski definition) is 2. The largest absolute Gasteiger partial charge is 0.458 e. The molecular formula is C16H11NO. The fourth-order valence-corrected chi connectivity index (χ4v) is 2.42. The number of fused-ring (bicyclic) bond motifs is 2. The lowest BCUT2D eigenvalue weighted by Gasteiger charge is -2.26. The van der Waals surface area contributed by atoms with Gasteiger partial charge in [-0.1, -0.05) is 36.4 Å². The molecule has 0 bridgehead atoms. The molecule has 4 rings (SSSR count). The molecule has 1 spiro atoms. The molecule has 0 saturated heterocycles. The number of benzene rings is 2. The molecule has 0 aliphatic carbocycles. The average molecular weight is 233 g/mol. The summed E-state index contributed by atoms with van der Waals surface area (Å²) in [6, 6.07) is 16.1. The van der Waals surface area contributed by atoms with Crippen molar-refractivity contribution in [2.24, 2.45) is 4.99 Å². The Morgan fingerprint density at radius 1 is 0.944 bits per heavy atom. The number of hydrogen-bond donors (Lipinski definition) is 0. The summed E-state index contributed by atoms with van der Waals surface area (Å²) in [5.74, 6) is 0.882. The molecule has 2 nitrogen and oxygen atoms in total. The minimum Gasteiger partial charge on any atom is -0.458 e. The van der Waals surface area contributed by atoms with E-state index in [4.69, 9.17) is 4.74 Å². The van der Waals surface area contributed by atoms with Gasteiger partial charge in [-0.3, -0.25) is 0 Å². The van der Waals surface area contributed by atoms with Crippen LogP contribution in [0.5, 0.6) is 5.75 Å². The Labute approximate surface area is 105 Å². The van der Waals surface area contributed by atoms with Crippen LogP contribution in [-0.2, 0) is 0 Å².